The fourth-order valence-corrected chi connectivity index (χ4v) is 3.71. The number of aryl methyl sites for hydroxylation is 1. The molecule has 1 saturated heterocycles. The van der Waals surface area contributed by atoms with Gasteiger partial charge in [0.05, 0.1) is 18.8 Å². The topological polar surface area (TPSA) is 63.9 Å². The third-order valence-corrected chi connectivity index (χ3v) is 5.57. The molecule has 1 N–H and O–H groups in total. The first-order valence-corrected chi connectivity index (χ1v) is 11.3. The molecule has 0 bridgehead atoms. The molecule has 0 spiro atoms. The van der Waals surface area contributed by atoms with Crippen LogP contribution in [-0.2, 0) is 22.5 Å². The second-order valence-corrected chi connectivity index (χ2v) is 7.97. The van der Waals surface area contributed by atoms with Gasteiger partial charge in [-0.25, -0.2) is 4.39 Å². The van der Waals surface area contributed by atoms with Gasteiger partial charge in [0.1, 0.15) is 29.7 Å². The summed E-state index contributed by atoms with van der Waals surface area (Å²) in [5, 5.41) is 2.93. The molecule has 1 aliphatic rings. The van der Waals surface area contributed by atoms with Crippen molar-refractivity contribution in [1.29, 1.82) is 0 Å². The highest BCUT2D eigenvalue weighted by Crippen LogP contribution is 2.25. The SMILES string of the molecule is O=C(CCc1ccc(-c2ccccc2F)o1)NCc1cccc(OCCN2CCOCC2)c1. The third-order valence-electron chi connectivity index (χ3n) is 5.57. The number of carbonyl (C=O) groups excluding carboxylic acids is 1. The van der Waals surface area contributed by atoms with Crippen LogP contribution in [0.5, 0.6) is 5.75 Å². The van der Waals surface area contributed by atoms with E-state index < -0.39 is 0 Å². The average Bonchev–Trinajstić information content (AvgIpc) is 3.31. The minimum absolute atomic E-state index is 0.0718. The van der Waals surface area contributed by atoms with E-state index in [9.17, 15) is 9.18 Å². The predicted molar refractivity (Wildman–Crippen MR) is 123 cm³/mol. The molecule has 0 radical (unpaired) electrons. The van der Waals surface area contributed by atoms with Crippen LogP contribution in [0, 0.1) is 5.82 Å². The van der Waals surface area contributed by atoms with Gasteiger partial charge in [0.2, 0.25) is 5.91 Å². The molecular weight excluding hydrogens is 423 g/mol. The lowest BCUT2D eigenvalue weighted by Crippen LogP contribution is -2.38. The first kappa shape index (κ1) is 23.0. The van der Waals surface area contributed by atoms with Crippen molar-refractivity contribution < 1.29 is 23.1 Å². The number of hydrogen-bond donors (Lipinski definition) is 1. The van der Waals surface area contributed by atoms with Gasteiger partial charge in [0, 0.05) is 39.0 Å². The van der Waals surface area contributed by atoms with Crippen molar-refractivity contribution in [2.75, 3.05) is 39.5 Å². The highest BCUT2D eigenvalue weighted by molar-refractivity contribution is 5.76. The Morgan fingerprint density at radius 3 is 2.76 bits per heavy atom. The van der Waals surface area contributed by atoms with Gasteiger partial charge in [-0.3, -0.25) is 9.69 Å². The molecule has 174 valence electrons. The minimum Gasteiger partial charge on any atom is -0.492 e. The van der Waals surface area contributed by atoms with Crippen molar-refractivity contribution in [1.82, 2.24) is 10.2 Å². The predicted octanol–water partition coefficient (Wildman–Crippen LogP) is 4.05. The van der Waals surface area contributed by atoms with Crippen LogP contribution >= 0.6 is 0 Å². The Hall–Kier alpha value is -3.16. The zero-order chi connectivity index (χ0) is 22.9. The van der Waals surface area contributed by atoms with Crippen LogP contribution in [0.1, 0.15) is 17.7 Å². The molecule has 33 heavy (non-hydrogen) atoms. The maximum absolute atomic E-state index is 13.9. The van der Waals surface area contributed by atoms with Crippen LogP contribution in [0.2, 0.25) is 0 Å². The van der Waals surface area contributed by atoms with Gasteiger partial charge in [-0.1, -0.05) is 24.3 Å². The van der Waals surface area contributed by atoms with Gasteiger partial charge in [-0.05, 0) is 42.0 Å². The quantitative estimate of drug-likeness (QED) is 0.503. The molecule has 2 aromatic carbocycles. The fourth-order valence-electron chi connectivity index (χ4n) is 3.71. The second-order valence-electron chi connectivity index (χ2n) is 7.97. The number of morpholine rings is 1. The summed E-state index contributed by atoms with van der Waals surface area (Å²) < 4.78 is 30.8. The maximum Gasteiger partial charge on any atom is 0.220 e. The Kier molecular flexibility index (Phi) is 8.11. The number of nitrogens with one attached hydrogen (secondary N) is 1. The molecule has 3 aromatic rings. The minimum atomic E-state index is -0.330. The standard InChI is InChI=1S/C26H29FN2O4/c27-24-7-2-1-6-23(24)25-10-8-21(33-25)9-11-26(30)28-19-20-4-3-5-22(18-20)32-17-14-29-12-15-31-16-13-29/h1-8,10,18H,9,11-17,19H2,(H,28,30). The highest BCUT2D eigenvalue weighted by Gasteiger charge is 2.11. The van der Waals surface area contributed by atoms with Crippen molar-refractivity contribution in [2.45, 2.75) is 19.4 Å². The first-order chi connectivity index (χ1) is 16.2. The van der Waals surface area contributed by atoms with Crippen LogP contribution in [0.4, 0.5) is 4.39 Å². The number of benzene rings is 2. The largest absolute Gasteiger partial charge is 0.492 e. The summed E-state index contributed by atoms with van der Waals surface area (Å²) in [7, 11) is 0. The number of furan rings is 1. The van der Waals surface area contributed by atoms with Crippen molar-refractivity contribution in [2.24, 2.45) is 0 Å². The number of carbonyl (C=O) groups is 1. The molecule has 7 heteroatoms. The van der Waals surface area contributed by atoms with Gasteiger partial charge >= 0.3 is 0 Å². The Balaban J connectivity index is 1.19. The van der Waals surface area contributed by atoms with Gasteiger partial charge in [0.25, 0.3) is 0 Å². The lowest BCUT2D eigenvalue weighted by molar-refractivity contribution is -0.121. The number of rotatable bonds is 10. The summed E-state index contributed by atoms with van der Waals surface area (Å²) in [6.45, 7) is 5.36. The van der Waals surface area contributed by atoms with E-state index >= 15 is 0 Å². The average molecular weight is 453 g/mol. The maximum atomic E-state index is 13.9. The molecular formula is C26H29FN2O4. The summed E-state index contributed by atoms with van der Waals surface area (Å²) in [5.74, 6) is 1.51. The Morgan fingerprint density at radius 2 is 1.91 bits per heavy atom. The van der Waals surface area contributed by atoms with Crippen LogP contribution in [-0.4, -0.2) is 50.3 Å². The molecule has 4 rings (SSSR count). The van der Waals surface area contributed by atoms with E-state index in [-0.39, 0.29) is 11.7 Å². The zero-order valence-electron chi connectivity index (χ0n) is 18.6. The van der Waals surface area contributed by atoms with E-state index in [1.807, 2.05) is 24.3 Å². The third kappa shape index (κ3) is 6.91. The Morgan fingerprint density at radius 1 is 1.06 bits per heavy atom. The number of nitrogens with zero attached hydrogens (tertiary/aromatic N) is 1. The summed E-state index contributed by atoms with van der Waals surface area (Å²) in [6.07, 6.45) is 0.741. The van der Waals surface area contributed by atoms with Crippen molar-refractivity contribution in [3.63, 3.8) is 0 Å². The number of ether oxygens (including phenoxy) is 2. The summed E-state index contributed by atoms with van der Waals surface area (Å²) in [5.41, 5.74) is 1.40. The molecule has 0 unspecified atom stereocenters. The molecule has 1 fully saturated rings. The first-order valence-electron chi connectivity index (χ1n) is 11.3. The Labute approximate surface area is 193 Å². The molecule has 1 amide bonds. The molecule has 6 nitrogen and oxygen atoms in total. The summed E-state index contributed by atoms with van der Waals surface area (Å²) in [4.78, 5) is 14.6. The van der Waals surface area contributed by atoms with Crippen molar-refractivity contribution in [3.8, 4) is 17.1 Å². The smallest absolute Gasteiger partial charge is 0.220 e. The molecule has 1 aromatic heterocycles. The summed E-state index contributed by atoms with van der Waals surface area (Å²) >= 11 is 0. The van der Waals surface area contributed by atoms with Gasteiger partial charge in [0.15, 0.2) is 0 Å². The van der Waals surface area contributed by atoms with E-state index in [1.54, 1.807) is 30.3 Å². The Bertz CT molecular complexity index is 1050. The van der Waals surface area contributed by atoms with E-state index in [0.717, 1.165) is 44.2 Å². The molecule has 2 heterocycles. The lowest BCUT2D eigenvalue weighted by atomic mass is 10.1. The van der Waals surface area contributed by atoms with Crippen LogP contribution in [0.25, 0.3) is 11.3 Å². The normalized spacial score (nSPS) is 14.2. The monoisotopic (exact) mass is 452 g/mol. The van der Waals surface area contributed by atoms with Crippen LogP contribution in [0.3, 0.4) is 0 Å². The number of halogens is 1. The molecule has 0 saturated carbocycles. The fraction of sp³-hybridized carbons (Fsp3) is 0.346. The van der Waals surface area contributed by atoms with E-state index in [1.165, 1.54) is 6.07 Å². The van der Waals surface area contributed by atoms with Crippen LogP contribution in [0.15, 0.2) is 65.1 Å². The van der Waals surface area contributed by atoms with Crippen LogP contribution < -0.4 is 10.1 Å². The molecule has 1 aliphatic heterocycles. The zero-order valence-corrected chi connectivity index (χ0v) is 18.6. The van der Waals surface area contributed by atoms with Crippen molar-refractivity contribution in [3.05, 3.63) is 77.8 Å². The van der Waals surface area contributed by atoms with E-state index in [4.69, 9.17) is 13.9 Å². The van der Waals surface area contributed by atoms with Gasteiger partial charge in [-0.2, -0.15) is 0 Å². The van der Waals surface area contributed by atoms with Crippen molar-refractivity contribution >= 4 is 5.91 Å². The van der Waals surface area contributed by atoms with Gasteiger partial charge < -0.3 is 19.2 Å². The number of hydrogen-bond acceptors (Lipinski definition) is 5. The molecule has 0 atom stereocenters. The second kappa shape index (κ2) is 11.6. The van der Waals surface area contributed by atoms with E-state index in [2.05, 4.69) is 10.2 Å². The lowest BCUT2D eigenvalue weighted by Gasteiger charge is -2.26. The molecule has 0 aliphatic carbocycles. The van der Waals surface area contributed by atoms with E-state index in [0.29, 0.717) is 43.1 Å². The highest BCUT2D eigenvalue weighted by atomic mass is 19.1. The summed E-state index contributed by atoms with van der Waals surface area (Å²) in [6, 6.07) is 17.8. The number of amides is 1. The van der Waals surface area contributed by atoms with Gasteiger partial charge in [-0.15, -0.1) is 0 Å².